The normalized spacial score (nSPS) is 12.8. The highest BCUT2D eigenvalue weighted by atomic mass is 16.7. The summed E-state index contributed by atoms with van der Waals surface area (Å²) in [5.41, 5.74) is 0.249. The number of carbonyl (C=O) groups excluding carboxylic acids is 2. The molecule has 138 valence electrons. The Hall–Kier alpha value is -3.58. The summed E-state index contributed by atoms with van der Waals surface area (Å²) in [5.74, 6) is 0.251. The second-order valence-corrected chi connectivity index (χ2v) is 6.54. The first-order chi connectivity index (χ1) is 12.8. The van der Waals surface area contributed by atoms with Crippen LogP contribution in [0.25, 0.3) is 10.9 Å². The average Bonchev–Trinajstić information content (AvgIpc) is 3.13. The molecule has 9 nitrogen and oxygen atoms in total. The lowest BCUT2D eigenvalue weighted by Gasteiger charge is -2.19. The van der Waals surface area contributed by atoms with E-state index in [9.17, 15) is 9.59 Å². The Kier molecular flexibility index (Phi) is 4.96. The maximum atomic E-state index is 11.9. The van der Waals surface area contributed by atoms with Gasteiger partial charge in [-0.25, -0.2) is 14.6 Å². The van der Waals surface area contributed by atoms with Crippen LogP contribution in [0.5, 0.6) is 5.75 Å². The SMILES string of the molecule is CC(C)(C)OC(=O)Oc1cccc2ccc(COC(=O)N3C=N[C+]=N3)nc12. The highest BCUT2D eigenvalue weighted by Gasteiger charge is 2.23. The van der Waals surface area contributed by atoms with E-state index in [-0.39, 0.29) is 12.4 Å². The Bertz CT molecular complexity index is 921. The van der Waals surface area contributed by atoms with E-state index < -0.39 is 17.8 Å². The summed E-state index contributed by atoms with van der Waals surface area (Å²) >= 11 is 0. The fraction of sp³-hybridized carbons (Fsp3) is 0.278. The summed E-state index contributed by atoms with van der Waals surface area (Å²) in [4.78, 5) is 31.7. The van der Waals surface area contributed by atoms with Gasteiger partial charge in [0.05, 0.1) is 5.69 Å². The zero-order valence-electron chi connectivity index (χ0n) is 15.0. The van der Waals surface area contributed by atoms with Gasteiger partial charge < -0.3 is 14.2 Å². The van der Waals surface area contributed by atoms with E-state index in [4.69, 9.17) is 14.2 Å². The molecule has 0 unspecified atom stereocenters. The zero-order valence-corrected chi connectivity index (χ0v) is 15.0. The van der Waals surface area contributed by atoms with Gasteiger partial charge in [-0.05, 0) is 37.9 Å². The van der Waals surface area contributed by atoms with Crippen LogP contribution < -0.4 is 4.74 Å². The number of ether oxygens (including phenoxy) is 3. The Balaban J connectivity index is 1.75. The first kappa shape index (κ1) is 18.2. The summed E-state index contributed by atoms with van der Waals surface area (Å²) in [6, 6.07) is 8.67. The predicted molar refractivity (Wildman–Crippen MR) is 96.6 cm³/mol. The number of rotatable bonds is 3. The number of pyridine rings is 1. The van der Waals surface area contributed by atoms with Gasteiger partial charge in [-0.1, -0.05) is 18.2 Å². The first-order valence-corrected chi connectivity index (χ1v) is 8.06. The number of amides is 1. The molecule has 3 rings (SSSR count). The Morgan fingerprint density at radius 1 is 1.19 bits per heavy atom. The van der Waals surface area contributed by atoms with Crippen molar-refractivity contribution in [1.82, 2.24) is 9.99 Å². The minimum Gasteiger partial charge on any atom is -0.440 e. The van der Waals surface area contributed by atoms with E-state index in [0.29, 0.717) is 11.2 Å². The number of benzene rings is 1. The molecule has 0 radical (unpaired) electrons. The van der Waals surface area contributed by atoms with E-state index in [2.05, 4.69) is 21.4 Å². The third-order valence-electron chi connectivity index (χ3n) is 3.23. The molecule has 9 heteroatoms. The molecule has 27 heavy (non-hydrogen) atoms. The van der Waals surface area contributed by atoms with Gasteiger partial charge in [0.1, 0.15) is 17.7 Å². The Labute approximate surface area is 155 Å². The Morgan fingerprint density at radius 3 is 2.70 bits per heavy atom. The van der Waals surface area contributed by atoms with Crippen LogP contribution in [0.1, 0.15) is 26.5 Å². The highest BCUT2D eigenvalue weighted by Crippen LogP contribution is 2.25. The molecule has 0 saturated carbocycles. The van der Waals surface area contributed by atoms with Crippen molar-refractivity contribution >= 4 is 35.8 Å². The molecule has 0 N–H and O–H groups in total. The molecule has 1 aromatic heterocycles. The van der Waals surface area contributed by atoms with Crippen molar-refractivity contribution in [3.63, 3.8) is 0 Å². The quantitative estimate of drug-likeness (QED) is 0.467. The Morgan fingerprint density at radius 2 is 2.00 bits per heavy atom. The minimum atomic E-state index is -0.823. The summed E-state index contributed by atoms with van der Waals surface area (Å²) in [6.45, 7) is 5.15. The van der Waals surface area contributed by atoms with Crippen LogP contribution in [-0.2, 0) is 16.1 Å². The molecule has 2 aromatic rings. The first-order valence-electron chi connectivity index (χ1n) is 8.06. The molecule has 0 bridgehead atoms. The molecule has 0 spiro atoms. The van der Waals surface area contributed by atoms with Gasteiger partial charge >= 0.3 is 18.6 Å². The van der Waals surface area contributed by atoms with Gasteiger partial charge in [-0.3, -0.25) is 0 Å². The molecule has 2 heterocycles. The maximum absolute atomic E-state index is 11.9. The number of nitrogens with zero attached hydrogens (tertiary/aromatic N) is 4. The van der Waals surface area contributed by atoms with Gasteiger partial charge in [0.2, 0.25) is 0 Å². The van der Waals surface area contributed by atoms with Crippen molar-refractivity contribution in [1.29, 1.82) is 0 Å². The number of carbonyl (C=O) groups is 2. The fourth-order valence-corrected chi connectivity index (χ4v) is 2.15. The zero-order chi connectivity index (χ0) is 19.4. The third kappa shape index (κ3) is 4.74. The van der Waals surface area contributed by atoms with Crippen LogP contribution in [0.4, 0.5) is 9.59 Å². The van der Waals surface area contributed by atoms with Gasteiger partial charge in [0.15, 0.2) is 5.75 Å². The van der Waals surface area contributed by atoms with E-state index in [1.54, 1.807) is 45.0 Å². The van der Waals surface area contributed by atoms with Gasteiger partial charge in [0.25, 0.3) is 6.34 Å². The van der Waals surface area contributed by atoms with Crippen molar-refractivity contribution in [3.05, 3.63) is 36.0 Å². The molecule has 1 aliphatic heterocycles. The summed E-state index contributed by atoms with van der Waals surface area (Å²) in [6.07, 6.45) is 1.92. The minimum absolute atomic E-state index is 0.0879. The van der Waals surface area contributed by atoms with Crippen LogP contribution >= 0.6 is 0 Å². The van der Waals surface area contributed by atoms with E-state index >= 15 is 0 Å². The van der Waals surface area contributed by atoms with Crippen molar-refractivity contribution < 1.29 is 23.8 Å². The second kappa shape index (κ2) is 7.35. The van der Waals surface area contributed by atoms with Gasteiger partial charge in [-0.2, -0.15) is 0 Å². The monoisotopic (exact) mass is 369 g/mol. The predicted octanol–water partition coefficient (Wildman–Crippen LogP) is 3.35. The molecule has 0 atom stereocenters. The molecule has 1 amide bonds. The number of aromatic nitrogens is 1. The van der Waals surface area contributed by atoms with Crippen LogP contribution in [0, 0.1) is 0 Å². The molecule has 0 fully saturated rings. The lowest BCUT2D eigenvalue weighted by atomic mass is 10.2. The number of fused-ring (bicyclic) bond motifs is 1. The van der Waals surface area contributed by atoms with Crippen molar-refractivity contribution in [2.45, 2.75) is 33.0 Å². The average molecular weight is 369 g/mol. The van der Waals surface area contributed by atoms with E-state index in [0.717, 1.165) is 10.4 Å². The highest BCUT2D eigenvalue weighted by molar-refractivity contribution is 5.89. The van der Waals surface area contributed by atoms with Crippen molar-refractivity contribution in [2.24, 2.45) is 10.1 Å². The number of hydrazone groups is 1. The molecule has 0 saturated heterocycles. The topological polar surface area (TPSA) is 103 Å². The van der Waals surface area contributed by atoms with Gasteiger partial charge in [0, 0.05) is 15.5 Å². The standard InChI is InChI=1S/C18H17N4O5/c1-18(2,3)27-17(24)26-14-6-4-5-12-7-8-13(21-15(12)14)9-25-16(23)22-11-19-10-20-22/h4-8,11H,9H2,1-3H3/q+1. The maximum Gasteiger partial charge on any atom is 0.514 e. The number of aliphatic imine (C=N–C) groups is 1. The smallest absolute Gasteiger partial charge is 0.440 e. The summed E-state index contributed by atoms with van der Waals surface area (Å²) in [7, 11) is 0. The second-order valence-electron chi connectivity index (χ2n) is 6.54. The molecule has 1 aliphatic rings. The molecule has 1 aromatic carbocycles. The lowest BCUT2D eigenvalue weighted by molar-refractivity contribution is 0.0209. The summed E-state index contributed by atoms with van der Waals surface area (Å²) in [5, 5.41) is 5.24. The largest absolute Gasteiger partial charge is 0.514 e. The van der Waals surface area contributed by atoms with Crippen LogP contribution in [0.2, 0.25) is 0 Å². The van der Waals surface area contributed by atoms with E-state index in [1.807, 2.05) is 6.07 Å². The fourth-order valence-electron chi connectivity index (χ4n) is 2.15. The number of para-hydroxylation sites is 1. The molecular weight excluding hydrogens is 352 g/mol. The van der Waals surface area contributed by atoms with Crippen LogP contribution in [-0.4, -0.2) is 40.5 Å². The number of hydrogen-bond donors (Lipinski definition) is 0. The third-order valence-corrected chi connectivity index (χ3v) is 3.23. The molecular formula is C18H17N4O5+. The molecule has 0 aliphatic carbocycles. The van der Waals surface area contributed by atoms with Gasteiger partial charge in [-0.15, -0.1) is 0 Å². The number of hydrogen-bond acceptors (Lipinski definition) is 8. The summed E-state index contributed by atoms with van der Waals surface area (Å²) < 4.78 is 15.6. The van der Waals surface area contributed by atoms with Crippen LogP contribution in [0.15, 0.2) is 40.4 Å². The van der Waals surface area contributed by atoms with Crippen molar-refractivity contribution in [3.8, 4) is 5.75 Å². The lowest BCUT2D eigenvalue weighted by Crippen LogP contribution is -2.26. The van der Waals surface area contributed by atoms with Crippen molar-refractivity contribution in [2.75, 3.05) is 0 Å². The van der Waals surface area contributed by atoms with E-state index in [1.165, 1.54) is 6.34 Å². The van der Waals surface area contributed by atoms with Crippen LogP contribution in [0.3, 0.4) is 0 Å².